The molecule has 0 aromatic rings. The maximum absolute atomic E-state index is 13.0. The fourth-order valence-corrected chi connectivity index (χ4v) is 12.0. The van der Waals surface area contributed by atoms with Crippen molar-refractivity contribution in [2.24, 2.45) is 0 Å². The third kappa shape index (κ3) is 129. The second-order valence-corrected chi connectivity index (χ2v) is 34.5. The fourth-order valence-electron chi connectivity index (χ4n) is 12.0. The Labute approximate surface area is 883 Å². The van der Waals surface area contributed by atoms with E-state index < -0.39 is 29.9 Å². The van der Waals surface area contributed by atoms with Gasteiger partial charge in [-0.15, -0.1) is 0 Å². The SMILES string of the molecule is CC(C)(C)OC(=O)[C@H](CCC(=O)NCCOCCOCCOCCOCCOCCOCCOCCOCCOCCOCCOCCOCCOCCOCCOCCOCCOCCOCCOCCOCCOCCOCCOCCOCCOCCOCCOCCOCCOCCOCCOCCOCCOCCOCCOCCOCCC(=O)O)NC(=O)CCCCCCCCCCCCC(O)OC(C)(C)C. The van der Waals surface area contributed by atoms with Crippen molar-refractivity contribution in [3.8, 4) is 0 Å². The van der Waals surface area contributed by atoms with E-state index in [0.717, 1.165) is 51.4 Å². The Kier molecular flexibility index (Phi) is 119. The normalized spacial score (nSPS) is 12.4. The van der Waals surface area contributed by atoms with Crippen LogP contribution in [0.25, 0.3) is 0 Å². The smallest absolute Gasteiger partial charge is 0.329 e. The highest BCUT2D eigenvalue weighted by Crippen LogP contribution is 2.18. The van der Waals surface area contributed by atoms with E-state index in [2.05, 4.69) is 10.6 Å². The van der Waals surface area contributed by atoms with Gasteiger partial charge < -0.3 is 201 Å². The van der Waals surface area contributed by atoms with Crippen LogP contribution in [0, 0.1) is 0 Å². The maximum Gasteiger partial charge on any atom is 0.329 e. The maximum atomic E-state index is 13.0. The lowest BCUT2D eigenvalue weighted by molar-refractivity contribution is -0.168. The third-order valence-corrected chi connectivity index (χ3v) is 19.3. The van der Waals surface area contributed by atoms with Gasteiger partial charge in [0.2, 0.25) is 11.8 Å². The van der Waals surface area contributed by atoms with Crippen LogP contribution in [0.2, 0.25) is 0 Å². The molecule has 46 heteroatoms. The van der Waals surface area contributed by atoms with Gasteiger partial charge in [-0.3, -0.25) is 14.4 Å². The summed E-state index contributed by atoms with van der Waals surface area (Å²) in [5.41, 5.74) is -1.08. The van der Waals surface area contributed by atoms with Crippen LogP contribution in [-0.2, 0) is 199 Å². The first-order chi connectivity index (χ1) is 72.6. The van der Waals surface area contributed by atoms with Gasteiger partial charge in [0.25, 0.3) is 0 Å². The van der Waals surface area contributed by atoms with Crippen LogP contribution in [0.5, 0.6) is 0 Å². The number of rotatable bonds is 130. The van der Waals surface area contributed by atoms with Crippen molar-refractivity contribution in [2.45, 2.75) is 161 Å². The van der Waals surface area contributed by atoms with Crippen molar-refractivity contribution < 1.29 is 209 Å². The first kappa shape index (κ1) is 144. The highest BCUT2D eigenvalue weighted by Gasteiger charge is 2.28. The number of aliphatic carboxylic acids is 1. The largest absolute Gasteiger partial charge is 0.481 e. The highest BCUT2D eigenvalue weighted by atomic mass is 16.7. The molecule has 0 fully saturated rings. The number of nitrogens with one attached hydrogen (secondary N) is 2. The van der Waals surface area contributed by atoms with E-state index in [4.69, 9.17) is 185 Å². The molecule has 0 radical (unpaired) electrons. The van der Waals surface area contributed by atoms with Crippen LogP contribution in [0.3, 0.4) is 0 Å². The molecule has 46 nitrogen and oxygen atoms in total. The lowest BCUT2D eigenvalue weighted by Crippen LogP contribution is -2.44. The summed E-state index contributed by atoms with van der Waals surface area (Å²) < 4.78 is 210. The van der Waals surface area contributed by atoms with Crippen LogP contribution in [-0.4, -0.2) is 540 Å². The number of aliphatic hydroxyl groups is 1. The average Bonchev–Trinajstić information content (AvgIpc) is 0.887. The van der Waals surface area contributed by atoms with E-state index in [9.17, 15) is 24.3 Å². The van der Waals surface area contributed by atoms with E-state index in [1.165, 1.54) is 12.8 Å². The van der Waals surface area contributed by atoms with E-state index in [1.54, 1.807) is 20.8 Å². The van der Waals surface area contributed by atoms with Crippen molar-refractivity contribution in [1.82, 2.24) is 10.6 Å². The minimum Gasteiger partial charge on any atom is -0.481 e. The quantitative estimate of drug-likeness (QED) is 0.0327. The summed E-state index contributed by atoms with van der Waals surface area (Å²) in [4.78, 5) is 48.9. The summed E-state index contributed by atoms with van der Waals surface area (Å²) >= 11 is 0. The number of amides is 2. The molecule has 0 rings (SSSR count). The number of carbonyl (C=O) groups excluding carboxylic acids is 3. The monoisotopic (exact) mass is 2160 g/mol. The lowest BCUT2D eigenvalue weighted by Gasteiger charge is -2.24. The van der Waals surface area contributed by atoms with Gasteiger partial charge in [0.15, 0.2) is 6.29 Å². The van der Waals surface area contributed by atoms with Crippen molar-refractivity contribution in [3.05, 3.63) is 0 Å². The van der Waals surface area contributed by atoms with Gasteiger partial charge in [0, 0.05) is 19.4 Å². The van der Waals surface area contributed by atoms with E-state index in [-0.39, 0.29) is 43.3 Å². The van der Waals surface area contributed by atoms with Crippen molar-refractivity contribution >= 4 is 23.8 Å². The molecule has 4 N–H and O–H groups in total. The zero-order chi connectivity index (χ0) is 107. The van der Waals surface area contributed by atoms with Gasteiger partial charge in [-0.2, -0.15) is 0 Å². The van der Waals surface area contributed by atoms with Crippen LogP contribution in [0.15, 0.2) is 0 Å². The molecule has 0 bridgehead atoms. The van der Waals surface area contributed by atoms with E-state index >= 15 is 0 Å². The summed E-state index contributed by atoms with van der Waals surface area (Å²) in [5, 5.41) is 24.1. The predicted molar refractivity (Wildman–Crippen MR) is 544 cm³/mol. The number of hydrogen-bond acceptors (Lipinski definition) is 43. The fraction of sp³-hybridized carbons (Fsp3) is 0.961. The summed E-state index contributed by atoms with van der Waals surface area (Å²) in [6.45, 7) is 43.8. The van der Waals surface area contributed by atoms with Gasteiger partial charge in [0.1, 0.15) is 11.6 Å². The molecular weight excluding hydrogens is 1960 g/mol. The standard InChI is InChI=1S/C102H200N2O44/c1-101(2,3)147-99(109)18-16-14-12-10-8-7-9-11-13-15-17-97(106)104-95(100(110)148-102(4,5)6)19-20-96(105)103-22-24-112-26-28-114-30-32-116-34-36-118-38-40-120-42-44-122-46-48-124-50-52-126-54-56-128-58-60-130-62-64-132-66-68-134-70-72-136-74-76-138-78-80-140-82-84-142-86-88-144-90-92-146-94-93-145-91-89-143-87-85-141-83-81-139-79-77-137-75-73-135-71-69-133-67-65-131-63-61-129-59-57-127-55-53-125-51-49-123-47-45-121-43-41-119-39-37-117-35-33-115-31-29-113-27-25-111-23-21-98(107)108/h95,99,109H,7-94H2,1-6H3,(H,103,105)(H,104,106)(H,107,108)/t95-,99?/m0/s1. The number of carboxylic acid groups (broad SMARTS) is 1. The van der Waals surface area contributed by atoms with Crippen LogP contribution in [0.4, 0.5) is 0 Å². The molecule has 2 atom stereocenters. The first-order valence-corrected chi connectivity index (χ1v) is 53.7. The van der Waals surface area contributed by atoms with Crippen molar-refractivity contribution in [2.75, 3.05) is 482 Å². The van der Waals surface area contributed by atoms with Crippen LogP contribution < -0.4 is 10.6 Å². The zero-order valence-electron chi connectivity index (χ0n) is 91.4. The Hall–Kier alpha value is -3.64. The van der Waals surface area contributed by atoms with Gasteiger partial charge >= 0.3 is 11.9 Å². The Balaban J connectivity index is 3.26. The number of carbonyl (C=O) groups is 4. The molecule has 0 aromatic carbocycles. The van der Waals surface area contributed by atoms with E-state index in [1.807, 2.05) is 20.8 Å². The molecule has 0 aliphatic rings. The molecule has 148 heavy (non-hydrogen) atoms. The number of unbranched alkanes of at least 4 members (excludes halogenated alkanes) is 9. The molecule has 0 heterocycles. The minimum absolute atomic E-state index is 0.0143. The van der Waals surface area contributed by atoms with Gasteiger partial charge in [-0.05, 0) is 67.2 Å². The zero-order valence-corrected chi connectivity index (χ0v) is 91.4. The van der Waals surface area contributed by atoms with E-state index in [0.29, 0.717) is 488 Å². The summed E-state index contributed by atoms with van der Waals surface area (Å²) in [6.07, 6.45) is 10.9. The van der Waals surface area contributed by atoms with Crippen LogP contribution in [0.1, 0.15) is 138 Å². The number of hydrogen-bond donors (Lipinski definition) is 4. The molecule has 2 amide bonds. The van der Waals surface area contributed by atoms with Crippen molar-refractivity contribution in [1.29, 1.82) is 0 Å². The Bertz CT molecular complexity index is 2590. The minimum atomic E-state index is -0.922. The van der Waals surface area contributed by atoms with Crippen LogP contribution >= 0.6 is 0 Å². The molecule has 0 aliphatic heterocycles. The molecule has 1 unspecified atom stereocenters. The second kappa shape index (κ2) is 122. The summed E-state index contributed by atoms with van der Waals surface area (Å²) in [5.74, 6) is -1.92. The summed E-state index contributed by atoms with van der Waals surface area (Å²) in [6, 6.07) is -0.922. The number of carboxylic acids is 1. The first-order valence-electron chi connectivity index (χ1n) is 53.7. The Morgan fingerprint density at radius 1 is 0.196 bits per heavy atom. The van der Waals surface area contributed by atoms with Gasteiger partial charge in [-0.1, -0.05) is 51.4 Å². The van der Waals surface area contributed by atoms with Gasteiger partial charge in [0.05, 0.1) is 488 Å². The Morgan fingerprint density at radius 2 is 0.365 bits per heavy atom. The molecule has 0 aliphatic carbocycles. The third-order valence-electron chi connectivity index (χ3n) is 19.3. The number of esters is 1. The topological polar surface area (TPSA) is 484 Å². The highest BCUT2D eigenvalue weighted by molar-refractivity contribution is 5.85. The predicted octanol–water partition coefficient (Wildman–Crippen LogP) is 5.60. The molecule has 882 valence electrons. The molecular formula is C102H200N2O44. The second-order valence-electron chi connectivity index (χ2n) is 34.5. The molecule has 0 aromatic heterocycles. The number of ether oxygens (including phenoxy) is 38. The molecule has 0 saturated carbocycles. The van der Waals surface area contributed by atoms with Crippen molar-refractivity contribution in [3.63, 3.8) is 0 Å². The average molecular weight is 2160 g/mol. The van der Waals surface area contributed by atoms with Gasteiger partial charge in [-0.25, -0.2) is 4.79 Å². The summed E-state index contributed by atoms with van der Waals surface area (Å²) in [7, 11) is 0. The Morgan fingerprint density at radius 3 is 0.541 bits per heavy atom. The molecule has 0 spiro atoms. The number of aliphatic hydroxyl groups excluding tert-OH is 1. The lowest BCUT2D eigenvalue weighted by atomic mass is 10.0. The molecule has 0 saturated heterocycles.